The SMILES string of the molecule is c1ccc(-c2cc(-c3ccc(-c4cccc5nc(-c6ccccc6)c6cc(-c7ccccc7)c7nonc7c6c45)cc3)nc(-c3ccccc3)n2)cc1.c1ccc(-c2nc(-c3ccccc3)nc(-c3ccc(-c4cccc5nc(-c6ccccc6)c6cc(-c7ccccc7)c7nonc7c6c45)cc3)n2)cc1. The van der Waals surface area contributed by atoms with E-state index in [0.29, 0.717) is 45.4 Å². The maximum Gasteiger partial charge on any atom is 0.164 e. The molecule has 20 rings (SSSR count). The third-order valence-electron chi connectivity index (χ3n) is 19.4. The summed E-state index contributed by atoms with van der Waals surface area (Å²) in [5, 5.41) is 23.8. The van der Waals surface area contributed by atoms with Crippen LogP contribution in [0.1, 0.15) is 0 Å². The topological polar surface area (TPSA) is 168 Å². The largest absolute Gasteiger partial charge is 0.247 e. The van der Waals surface area contributed by atoms with Crippen molar-refractivity contribution in [2.75, 3.05) is 0 Å². The van der Waals surface area contributed by atoms with Crippen molar-refractivity contribution in [1.29, 1.82) is 0 Å². The minimum Gasteiger partial charge on any atom is -0.247 e. The zero-order valence-corrected chi connectivity index (χ0v) is 56.6. The first-order chi connectivity index (χ1) is 52.6. The Balaban J connectivity index is 0.000000145. The van der Waals surface area contributed by atoms with E-state index in [2.05, 4.69) is 184 Å². The lowest BCUT2D eigenvalue weighted by molar-refractivity contribution is 0.316. The van der Waals surface area contributed by atoms with E-state index in [0.717, 1.165) is 155 Å². The minimum absolute atomic E-state index is 0.602. The molecule has 0 radical (unpaired) electrons. The molecule has 14 aromatic carbocycles. The highest BCUT2D eigenvalue weighted by Gasteiger charge is 2.25. The van der Waals surface area contributed by atoms with Crippen molar-refractivity contribution in [1.82, 2.24) is 55.5 Å². The van der Waals surface area contributed by atoms with Gasteiger partial charge in [0.05, 0.1) is 33.8 Å². The van der Waals surface area contributed by atoms with Gasteiger partial charge in [-0.05, 0) is 84.3 Å². The molecule has 0 spiro atoms. The van der Waals surface area contributed by atoms with Gasteiger partial charge in [0, 0.05) is 88.0 Å². The molecule has 0 atom stereocenters. The first-order valence-corrected chi connectivity index (χ1v) is 34.9. The van der Waals surface area contributed by atoms with Crippen LogP contribution in [0, 0.1) is 0 Å². The molecule has 6 aromatic heterocycles. The Labute approximate surface area is 607 Å². The van der Waals surface area contributed by atoms with E-state index in [1.807, 2.05) is 182 Å². The van der Waals surface area contributed by atoms with Gasteiger partial charge >= 0.3 is 0 Å². The van der Waals surface area contributed by atoms with Gasteiger partial charge in [-0.1, -0.05) is 315 Å². The second-order valence-electron chi connectivity index (χ2n) is 25.8. The summed E-state index contributed by atoms with van der Waals surface area (Å²) >= 11 is 0. The molecule has 0 saturated carbocycles. The lowest BCUT2D eigenvalue weighted by Crippen LogP contribution is -2.00. The maximum absolute atomic E-state index is 5.49. The van der Waals surface area contributed by atoms with Gasteiger partial charge in [0.25, 0.3) is 0 Å². The van der Waals surface area contributed by atoms with E-state index < -0.39 is 0 Å². The molecule has 496 valence electrons. The molecular weight excluding hydrogens is 1300 g/mol. The Morgan fingerprint density at radius 1 is 0.179 bits per heavy atom. The number of fused-ring (bicyclic) bond motifs is 10. The molecule has 13 heteroatoms. The number of hydrogen-bond donors (Lipinski definition) is 0. The van der Waals surface area contributed by atoms with Crippen LogP contribution in [0.2, 0.25) is 0 Å². The fourth-order valence-electron chi connectivity index (χ4n) is 14.3. The molecule has 0 unspecified atom stereocenters. The molecule has 0 amide bonds. The Morgan fingerprint density at radius 3 is 0.821 bits per heavy atom. The Bertz CT molecular complexity index is 6120. The molecule has 20 aromatic rings. The lowest BCUT2D eigenvalue weighted by Gasteiger charge is -2.15. The van der Waals surface area contributed by atoms with Gasteiger partial charge in [0.1, 0.15) is 22.1 Å². The van der Waals surface area contributed by atoms with Crippen LogP contribution in [-0.4, -0.2) is 55.5 Å². The summed E-state index contributed by atoms with van der Waals surface area (Å²) in [5.74, 6) is 2.54. The highest BCUT2D eigenvalue weighted by Crippen LogP contribution is 2.46. The molecule has 0 aliphatic heterocycles. The van der Waals surface area contributed by atoms with Crippen LogP contribution in [-0.2, 0) is 0 Å². The second-order valence-corrected chi connectivity index (χ2v) is 25.8. The van der Waals surface area contributed by atoms with Crippen LogP contribution in [0.25, 0.3) is 201 Å². The van der Waals surface area contributed by atoms with E-state index >= 15 is 0 Å². The summed E-state index contributed by atoms with van der Waals surface area (Å²) in [6.07, 6.45) is 0. The van der Waals surface area contributed by atoms with Crippen molar-refractivity contribution in [3.63, 3.8) is 0 Å². The number of pyridine rings is 2. The molecule has 0 N–H and O–H groups in total. The summed E-state index contributed by atoms with van der Waals surface area (Å²) in [6, 6.07) is 117. The van der Waals surface area contributed by atoms with Crippen molar-refractivity contribution in [3.05, 3.63) is 346 Å². The van der Waals surface area contributed by atoms with Crippen molar-refractivity contribution >= 4 is 65.4 Å². The fourth-order valence-corrected chi connectivity index (χ4v) is 14.3. The number of nitrogens with zero attached hydrogens (tertiary/aromatic N) is 11. The van der Waals surface area contributed by atoms with Crippen LogP contribution in [0.5, 0.6) is 0 Å². The Hall–Kier alpha value is -14.7. The van der Waals surface area contributed by atoms with Gasteiger partial charge in [0.15, 0.2) is 23.3 Å². The highest BCUT2D eigenvalue weighted by atomic mass is 16.6. The fraction of sp³-hybridized carbons (Fsp3) is 0. The number of hydrogen-bond acceptors (Lipinski definition) is 13. The zero-order valence-electron chi connectivity index (χ0n) is 56.6. The summed E-state index contributed by atoms with van der Waals surface area (Å²) in [7, 11) is 0. The normalized spacial score (nSPS) is 11.4. The Kier molecular flexibility index (Phi) is 15.9. The van der Waals surface area contributed by atoms with Crippen LogP contribution < -0.4 is 0 Å². The minimum atomic E-state index is 0.602. The third kappa shape index (κ3) is 11.6. The number of benzene rings is 14. The Morgan fingerprint density at radius 2 is 0.453 bits per heavy atom. The van der Waals surface area contributed by atoms with Crippen LogP contribution in [0.15, 0.2) is 355 Å². The summed E-state index contributed by atoms with van der Waals surface area (Å²) in [6.45, 7) is 0. The van der Waals surface area contributed by atoms with Crippen LogP contribution in [0.3, 0.4) is 0 Å². The van der Waals surface area contributed by atoms with Gasteiger partial charge in [-0.15, -0.1) is 0 Å². The lowest BCUT2D eigenvalue weighted by atomic mass is 9.90. The first kappa shape index (κ1) is 62.3. The van der Waals surface area contributed by atoms with Gasteiger partial charge in [-0.3, -0.25) is 0 Å². The quantitative estimate of drug-likeness (QED) is 0.106. The van der Waals surface area contributed by atoms with E-state index in [-0.39, 0.29) is 0 Å². The van der Waals surface area contributed by atoms with E-state index in [4.69, 9.17) is 44.1 Å². The smallest absolute Gasteiger partial charge is 0.164 e. The van der Waals surface area contributed by atoms with Crippen molar-refractivity contribution < 1.29 is 9.26 Å². The molecule has 13 nitrogen and oxygen atoms in total. The molecule has 0 saturated heterocycles. The zero-order chi connectivity index (χ0) is 70.3. The summed E-state index contributed by atoms with van der Waals surface area (Å²) < 4.78 is 11.0. The van der Waals surface area contributed by atoms with Gasteiger partial charge < -0.3 is 0 Å². The molecule has 0 aliphatic carbocycles. The van der Waals surface area contributed by atoms with Gasteiger partial charge in [-0.2, -0.15) is 0 Å². The average molecular weight is 1360 g/mol. The van der Waals surface area contributed by atoms with Crippen LogP contribution in [0.4, 0.5) is 0 Å². The molecule has 6 heterocycles. The van der Waals surface area contributed by atoms with Gasteiger partial charge in [0.2, 0.25) is 0 Å². The molecule has 0 aliphatic rings. The predicted octanol–water partition coefficient (Wildman–Crippen LogP) is 22.8. The van der Waals surface area contributed by atoms with E-state index in [1.54, 1.807) is 0 Å². The third-order valence-corrected chi connectivity index (χ3v) is 19.4. The standard InChI is InChI=1S/C47H29N5O.C46H28N6O/c1-5-14-30(15-6-1)37-28-38-43(46-45(37)51-53-52-46)42-36(22-13-23-39(42)48-44(38)34-18-9-3-10-19-34)31-24-26-33(27-25-31)41-29-40(32-16-7-2-8-17-32)49-47(50-41)35-20-11-4-12-21-35;1-5-14-29(15-6-1)36-28-37-40(43-42(36)51-53-52-43)39-35(22-13-23-38(39)47-41(37)31-16-7-2-8-17-31)30-24-26-34(27-25-30)46-49-44(32-18-9-3-10-19-32)48-45(50-46)33-20-11-4-12-21-33/h1-29H;1-28H. The predicted molar refractivity (Wildman–Crippen MR) is 423 cm³/mol. The number of rotatable bonds is 12. The van der Waals surface area contributed by atoms with Gasteiger partial charge in [-0.25, -0.2) is 44.1 Å². The molecule has 0 fully saturated rings. The van der Waals surface area contributed by atoms with Crippen molar-refractivity contribution in [3.8, 4) is 135 Å². The van der Waals surface area contributed by atoms with Crippen molar-refractivity contribution in [2.45, 2.75) is 0 Å². The molecular formula is C93H57N11O2. The first-order valence-electron chi connectivity index (χ1n) is 34.9. The monoisotopic (exact) mass is 1360 g/mol. The second kappa shape index (κ2) is 27.0. The van der Waals surface area contributed by atoms with E-state index in [1.165, 1.54) is 0 Å². The van der Waals surface area contributed by atoms with E-state index in [9.17, 15) is 0 Å². The summed E-state index contributed by atoms with van der Waals surface area (Å²) in [4.78, 5) is 35.4. The summed E-state index contributed by atoms with van der Waals surface area (Å²) in [5.41, 5.74) is 23.9. The van der Waals surface area contributed by atoms with Crippen molar-refractivity contribution in [2.24, 2.45) is 0 Å². The average Bonchev–Trinajstić information content (AvgIpc) is 1.25. The molecule has 0 bridgehead atoms. The molecule has 106 heavy (non-hydrogen) atoms. The maximum atomic E-state index is 5.49. The highest BCUT2D eigenvalue weighted by molar-refractivity contribution is 6.28. The van der Waals surface area contributed by atoms with Crippen LogP contribution >= 0.6 is 0 Å². The number of aromatic nitrogens is 11.